The minimum absolute atomic E-state index is 0.0483. The van der Waals surface area contributed by atoms with Gasteiger partial charge in [-0.05, 0) is 53.9 Å². The summed E-state index contributed by atoms with van der Waals surface area (Å²) in [5, 5.41) is 0. The molecule has 0 aliphatic carbocycles. The Morgan fingerprint density at radius 1 is 1.19 bits per heavy atom. The minimum atomic E-state index is 0.0483. The number of carbonyl (C=O) groups is 1. The van der Waals surface area contributed by atoms with E-state index in [1.165, 1.54) is 5.57 Å². The van der Waals surface area contributed by atoms with Gasteiger partial charge < -0.3 is 9.53 Å². The number of Topliss-reactive ketones (excluding diaryl/α,β-unsaturated/α-hetero) is 1. The lowest BCUT2D eigenvalue weighted by Gasteiger charge is -2.08. The molecule has 1 aliphatic rings. The van der Waals surface area contributed by atoms with E-state index in [1.807, 2.05) is 0 Å². The van der Waals surface area contributed by atoms with E-state index in [-0.39, 0.29) is 17.0 Å². The Bertz CT molecular complexity index is 302. The zero-order valence-corrected chi connectivity index (χ0v) is 11.2. The first kappa shape index (κ1) is 13.4. The molecule has 0 bridgehead atoms. The molecule has 0 saturated carbocycles. The van der Waals surface area contributed by atoms with Crippen LogP contribution in [0, 0.1) is 0 Å². The number of rotatable bonds is 6. The molecule has 92 valence electrons. The number of allylic oxidation sites excluding steroid dienone is 2. The standard InChI is InChI=1S/C14H24O2/c1-11(7-6-8-12(2)15)9-10-14(5)13(3,4)16-14/h7H,6,8-10H2,1-5H3/b11-7+. The van der Waals surface area contributed by atoms with Crippen LogP contribution in [0.5, 0.6) is 0 Å². The Balaban J connectivity index is 2.25. The van der Waals surface area contributed by atoms with Crippen molar-refractivity contribution in [1.82, 2.24) is 0 Å². The summed E-state index contributed by atoms with van der Waals surface area (Å²) < 4.78 is 5.70. The first-order valence-electron chi connectivity index (χ1n) is 6.12. The number of epoxide rings is 1. The van der Waals surface area contributed by atoms with Crippen LogP contribution in [-0.2, 0) is 9.53 Å². The minimum Gasteiger partial charge on any atom is -0.363 e. The Morgan fingerprint density at radius 3 is 2.19 bits per heavy atom. The number of carbonyl (C=O) groups excluding carboxylic acids is 1. The maximum Gasteiger partial charge on any atom is 0.130 e. The van der Waals surface area contributed by atoms with Gasteiger partial charge in [0.2, 0.25) is 0 Å². The van der Waals surface area contributed by atoms with Crippen LogP contribution in [-0.4, -0.2) is 17.0 Å². The Morgan fingerprint density at radius 2 is 1.75 bits per heavy atom. The predicted octanol–water partition coefficient (Wildman–Crippen LogP) is 3.65. The van der Waals surface area contributed by atoms with Gasteiger partial charge >= 0.3 is 0 Å². The summed E-state index contributed by atoms with van der Waals surface area (Å²) in [7, 11) is 0. The molecule has 0 radical (unpaired) electrons. The summed E-state index contributed by atoms with van der Waals surface area (Å²) in [4.78, 5) is 10.8. The molecule has 1 atom stereocenters. The van der Waals surface area contributed by atoms with Gasteiger partial charge in [-0.25, -0.2) is 0 Å². The van der Waals surface area contributed by atoms with Gasteiger partial charge in [0.1, 0.15) is 5.78 Å². The van der Waals surface area contributed by atoms with Crippen molar-refractivity contribution in [3.8, 4) is 0 Å². The molecular formula is C14H24O2. The molecule has 0 amide bonds. The molecule has 16 heavy (non-hydrogen) atoms. The zero-order chi connectivity index (χ0) is 12.4. The highest BCUT2D eigenvalue weighted by molar-refractivity contribution is 5.75. The van der Waals surface area contributed by atoms with E-state index in [1.54, 1.807) is 6.92 Å². The van der Waals surface area contributed by atoms with Gasteiger partial charge in [0.05, 0.1) is 11.2 Å². The topological polar surface area (TPSA) is 29.6 Å². The van der Waals surface area contributed by atoms with Crippen molar-refractivity contribution >= 4 is 5.78 Å². The number of ketones is 1. The normalized spacial score (nSPS) is 27.9. The van der Waals surface area contributed by atoms with Crippen LogP contribution in [0.1, 0.15) is 60.3 Å². The first-order valence-corrected chi connectivity index (χ1v) is 6.12. The molecule has 0 spiro atoms. The van der Waals surface area contributed by atoms with Gasteiger partial charge in [-0.1, -0.05) is 11.6 Å². The third-order valence-corrected chi connectivity index (χ3v) is 3.70. The van der Waals surface area contributed by atoms with E-state index in [0.717, 1.165) is 19.3 Å². The van der Waals surface area contributed by atoms with Gasteiger partial charge in [0, 0.05) is 6.42 Å². The van der Waals surface area contributed by atoms with E-state index < -0.39 is 0 Å². The van der Waals surface area contributed by atoms with Crippen molar-refractivity contribution in [2.24, 2.45) is 0 Å². The lowest BCUT2D eigenvalue weighted by Crippen LogP contribution is -2.16. The van der Waals surface area contributed by atoms with E-state index in [4.69, 9.17) is 4.74 Å². The van der Waals surface area contributed by atoms with Gasteiger partial charge in [0.15, 0.2) is 0 Å². The van der Waals surface area contributed by atoms with Crippen LogP contribution in [0.3, 0.4) is 0 Å². The van der Waals surface area contributed by atoms with Crippen molar-refractivity contribution in [2.75, 3.05) is 0 Å². The van der Waals surface area contributed by atoms with Crippen molar-refractivity contribution < 1.29 is 9.53 Å². The molecule has 2 heteroatoms. The summed E-state index contributed by atoms with van der Waals surface area (Å²) in [5.74, 6) is 0.266. The quantitative estimate of drug-likeness (QED) is 0.509. The van der Waals surface area contributed by atoms with Crippen LogP contribution in [0.2, 0.25) is 0 Å². The highest BCUT2D eigenvalue weighted by atomic mass is 16.6. The second-order valence-electron chi connectivity index (χ2n) is 5.63. The molecule has 0 aromatic carbocycles. The van der Waals surface area contributed by atoms with Gasteiger partial charge in [0.25, 0.3) is 0 Å². The Hall–Kier alpha value is -0.630. The average Bonchev–Trinajstić information content (AvgIpc) is 2.63. The maximum atomic E-state index is 10.8. The molecular weight excluding hydrogens is 200 g/mol. The van der Waals surface area contributed by atoms with Crippen LogP contribution in [0.15, 0.2) is 11.6 Å². The molecule has 1 rings (SSSR count). The Kier molecular flexibility index (Phi) is 3.95. The summed E-state index contributed by atoms with van der Waals surface area (Å²) in [6, 6.07) is 0. The molecule has 0 aromatic rings. The van der Waals surface area contributed by atoms with E-state index in [9.17, 15) is 4.79 Å². The van der Waals surface area contributed by atoms with Crippen molar-refractivity contribution in [1.29, 1.82) is 0 Å². The SMILES string of the molecule is CC(=O)CC/C=C(\C)CCC1(C)OC1(C)C. The molecule has 1 saturated heterocycles. The van der Waals surface area contributed by atoms with Gasteiger partial charge in [-0.3, -0.25) is 0 Å². The van der Waals surface area contributed by atoms with Crippen LogP contribution in [0.25, 0.3) is 0 Å². The van der Waals surface area contributed by atoms with Crippen molar-refractivity contribution in [2.45, 2.75) is 71.5 Å². The lowest BCUT2D eigenvalue weighted by atomic mass is 9.91. The zero-order valence-electron chi connectivity index (χ0n) is 11.2. The second-order valence-corrected chi connectivity index (χ2v) is 5.63. The molecule has 1 aliphatic heterocycles. The second kappa shape index (κ2) is 4.70. The third kappa shape index (κ3) is 3.44. The molecule has 0 N–H and O–H groups in total. The first-order chi connectivity index (χ1) is 7.27. The van der Waals surface area contributed by atoms with Crippen molar-refractivity contribution in [3.05, 3.63) is 11.6 Å². The molecule has 1 heterocycles. The third-order valence-electron chi connectivity index (χ3n) is 3.70. The van der Waals surface area contributed by atoms with E-state index in [0.29, 0.717) is 6.42 Å². The summed E-state index contributed by atoms with van der Waals surface area (Å²) >= 11 is 0. The van der Waals surface area contributed by atoms with Crippen LogP contribution < -0.4 is 0 Å². The Labute approximate surface area is 99.1 Å². The molecule has 0 aromatic heterocycles. The fourth-order valence-corrected chi connectivity index (χ4v) is 1.95. The largest absolute Gasteiger partial charge is 0.363 e. The fourth-order valence-electron chi connectivity index (χ4n) is 1.95. The van der Waals surface area contributed by atoms with Crippen LogP contribution >= 0.6 is 0 Å². The fraction of sp³-hybridized carbons (Fsp3) is 0.786. The highest BCUT2D eigenvalue weighted by Gasteiger charge is 2.59. The summed E-state index contributed by atoms with van der Waals surface area (Å²) in [6.45, 7) is 10.2. The summed E-state index contributed by atoms with van der Waals surface area (Å²) in [6.07, 6.45) is 5.86. The molecule has 1 unspecified atom stereocenters. The highest BCUT2D eigenvalue weighted by Crippen LogP contribution is 2.50. The van der Waals surface area contributed by atoms with Gasteiger partial charge in [-0.2, -0.15) is 0 Å². The smallest absolute Gasteiger partial charge is 0.130 e. The van der Waals surface area contributed by atoms with E-state index in [2.05, 4.69) is 33.8 Å². The predicted molar refractivity (Wildman–Crippen MR) is 66.5 cm³/mol. The summed E-state index contributed by atoms with van der Waals surface area (Å²) in [5.41, 5.74) is 1.48. The number of hydrogen-bond donors (Lipinski definition) is 0. The van der Waals surface area contributed by atoms with Crippen molar-refractivity contribution in [3.63, 3.8) is 0 Å². The average molecular weight is 224 g/mol. The van der Waals surface area contributed by atoms with Crippen LogP contribution in [0.4, 0.5) is 0 Å². The maximum absolute atomic E-state index is 10.8. The lowest BCUT2D eigenvalue weighted by molar-refractivity contribution is -0.116. The molecule has 2 nitrogen and oxygen atoms in total. The number of hydrogen-bond acceptors (Lipinski definition) is 2. The van der Waals surface area contributed by atoms with E-state index >= 15 is 0 Å². The molecule has 1 fully saturated rings. The monoisotopic (exact) mass is 224 g/mol. The number of ether oxygens (including phenoxy) is 1. The van der Waals surface area contributed by atoms with Gasteiger partial charge in [-0.15, -0.1) is 0 Å².